The maximum Gasteiger partial charge on any atom is 0.131 e. The van der Waals surface area contributed by atoms with Gasteiger partial charge in [-0.25, -0.2) is 8.78 Å². The van der Waals surface area contributed by atoms with Crippen molar-refractivity contribution >= 4 is 0 Å². The van der Waals surface area contributed by atoms with Crippen molar-refractivity contribution in [2.75, 3.05) is 0 Å². The second-order valence-corrected chi connectivity index (χ2v) is 5.14. The number of hydrogen-bond acceptors (Lipinski definition) is 3. The third-order valence-electron chi connectivity index (χ3n) is 3.36. The molecule has 2 rings (SSSR count). The lowest BCUT2D eigenvalue weighted by molar-refractivity contribution is 0.128. The summed E-state index contributed by atoms with van der Waals surface area (Å²) in [7, 11) is 1.70. The largest absolute Gasteiger partial charge is 0.387 e. The van der Waals surface area contributed by atoms with Gasteiger partial charge in [-0.3, -0.25) is 4.68 Å². The number of halogens is 2. The number of benzene rings is 1. The maximum atomic E-state index is 13.8. The summed E-state index contributed by atoms with van der Waals surface area (Å²) < 4.78 is 28.3. The Hall–Kier alpha value is -1.79. The summed E-state index contributed by atoms with van der Waals surface area (Å²) in [5.41, 5.74) is 5.72. The minimum absolute atomic E-state index is 0.0923. The van der Waals surface area contributed by atoms with E-state index in [9.17, 15) is 13.9 Å². The van der Waals surface area contributed by atoms with Gasteiger partial charge in [0.05, 0.1) is 11.8 Å². The molecule has 0 bridgehead atoms. The van der Waals surface area contributed by atoms with Crippen LogP contribution in [0, 0.1) is 11.6 Å². The molecule has 0 spiro atoms. The van der Waals surface area contributed by atoms with E-state index < -0.39 is 23.3 Å². The fraction of sp³-hybridized carbons (Fsp3) is 0.357. The molecule has 1 unspecified atom stereocenters. The molecular formula is C14H17F2N3O. The summed E-state index contributed by atoms with van der Waals surface area (Å²) in [6, 6.07) is 4.92. The fourth-order valence-corrected chi connectivity index (χ4v) is 2.28. The van der Waals surface area contributed by atoms with E-state index in [2.05, 4.69) is 5.10 Å². The molecular weight excluding hydrogens is 264 g/mol. The van der Waals surface area contributed by atoms with Crippen LogP contribution < -0.4 is 5.73 Å². The molecule has 0 aliphatic carbocycles. The molecule has 6 heteroatoms. The zero-order valence-electron chi connectivity index (χ0n) is 11.3. The van der Waals surface area contributed by atoms with Crippen molar-refractivity contribution in [1.82, 2.24) is 9.78 Å². The maximum absolute atomic E-state index is 13.8. The molecule has 3 N–H and O–H groups in total. The van der Waals surface area contributed by atoms with Crippen molar-refractivity contribution in [3.63, 3.8) is 0 Å². The van der Waals surface area contributed by atoms with Crippen LogP contribution in [0.25, 0.3) is 0 Å². The van der Waals surface area contributed by atoms with Gasteiger partial charge in [-0.05, 0) is 19.1 Å². The van der Waals surface area contributed by atoms with E-state index in [0.717, 1.165) is 12.1 Å². The van der Waals surface area contributed by atoms with Crippen molar-refractivity contribution in [1.29, 1.82) is 0 Å². The zero-order chi connectivity index (χ0) is 14.9. The van der Waals surface area contributed by atoms with E-state index >= 15 is 0 Å². The van der Waals surface area contributed by atoms with Gasteiger partial charge < -0.3 is 10.8 Å². The Balaban J connectivity index is 2.24. The third-order valence-corrected chi connectivity index (χ3v) is 3.36. The van der Waals surface area contributed by atoms with Gasteiger partial charge in [-0.2, -0.15) is 5.10 Å². The Morgan fingerprint density at radius 3 is 2.65 bits per heavy atom. The molecule has 0 saturated heterocycles. The minimum Gasteiger partial charge on any atom is -0.387 e. The van der Waals surface area contributed by atoms with E-state index in [4.69, 9.17) is 5.73 Å². The minimum atomic E-state index is -1.12. The summed E-state index contributed by atoms with van der Waals surface area (Å²) in [4.78, 5) is 0. The Kier molecular flexibility index (Phi) is 3.87. The first-order chi connectivity index (χ1) is 9.31. The van der Waals surface area contributed by atoms with Crippen molar-refractivity contribution in [2.45, 2.75) is 25.0 Å². The lowest BCUT2D eigenvalue weighted by Crippen LogP contribution is -2.36. The second kappa shape index (κ2) is 5.30. The molecule has 0 saturated carbocycles. The van der Waals surface area contributed by atoms with E-state index in [1.54, 1.807) is 26.2 Å². The Labute approximate surface area is 115 Å². The number of rotatable bonds is 4. The summed E-state index contributed by atoms with van der Waals surface area (Å²) in [5, 5.41) is 14.2. The Morgan fingerprint density at radius 2 is 2.10 bits per heavy atom. The van der Waals surface area contributed by atoms with Gasteiger partial charge in [0.15, 0.2) is 0 Å². The number of nitrogens with two attached hydrogens (primary N) is 1. The monoisotopic (exact) mass is 281 g/mol. The normalized spacial score (nSPS) is 15.9. The van der Waals surface area contributed by atoms with Gasteiger partial charge in [0.2, 0.25) is 0 Å². The first-order valence-electron chi connectivity index (χ1n) is 6.21. The molecule has 2 atom stereocenters. The molecule has 1 aromatic heterocycles. The number of aryl methyl sites for hydroxylation is 1. The summed E-state index contributed by atoms with van der Waals surface area (Å²) in [6.45, 7) is 1.60. The van der Waals surface area contributed by atoms with E-state index in [0.29, 0.717) is 5.69 Å². The van der Waals surface area contributed by atoms with E-state index in [1.165, 1.54) is 10.7 Å². The highest BCUT2D eigenvalue weighted by Gasteiger charge is 2.29. The molecule has 0 aliphatic heterocycles. The zero-order valence-corrected chi connectivity index (χ0v) is 11.3. The molecule has 1 heterocycles. The lowest BCUT2D eigenvalue weighted by atomic mass is 9.86. The molecule has 0 radical (unpaired) electrons. The predicted molar refractivity (Wildman–Crippen MR) is 70.7 cm³/mol. The van der Waals surface area contributed by atoms with Gasteiger partial charge in [0, 0.05) is 36.8 Å². The average Bonchev–Trinajstić information content (AvgIpc) is 2.74. The quantitative estimate of drug-likeness (QED) is 0.901. The van der Waals surface area contributed by atoms with Crippen LogP contribution in [0.2, 0.25) is 0 Å². The fourth-order valence-electron chi connectivity index (χ4n) is 2.28. The first-order valence-corrected chi connectivity index (χ1v) is 6.21. The van der Waals surface area contributed by atoms with Crippen molar-refractivity contribution in [3.8, 4) is 0 Å². The standard InChI is InChI=1S/C14H17F2N3O/c1-14(17,10-4-3-9(15)7-11(10)16)8-13(20)12-5-6-18-19(12)2/h3-7,13,20H,8,17H2,1-2H3/t13-,14?/m1/s1. The molecule has 2 aromatic rings. The SMILES string of the molecule is Cn1nccc1[C@H](O)CC(C)(N)c1ccc(F)cc1F. The topological polar surface area (TPSA) is 64.1 Å². The number of aromatic nitrogens is 2. The summed E-state index contributed by atoms with van der Waals surface area (Å²) in [5.74, 6) is -1.37. The van der Waals surface area contributed by atoms with Crippen molar-refractivity contribution in [3.05, 3.63) is 53.4 Å². The first kappa shape index (κ1) is 14.6. The van der Waals surface area contributed by atoms with Gasteiger partial charge in [0.1, 0.15) is 11.6 Å². The molecule has 20 heavy (non-hydrogen) atoms. The Morgan fingerprint density at radius 1 is 1.40 bits per heavy atom. The van der Waals surface area contributed by atoms with Crippen LogP contribution in [-0.2, 0) is 12.6 Å². The van der Waals surface area contributed by atoms with Crippen LogP contribution in [0.15, 0.2) is 30.5 Å². The average molecular weight is 281 g/mol. The molecule has 4 nitrogen and oxygen atoms in total. The predicted octanol–water partition coefficient (Wildman–Crippen LogP) is 2.00. The number of aliphatic hydroxyl groups is 1. The highest BCUT2D eigenvalue weighted by molar-refractivity contribution is 5.26. The summed E-state index contributed by atoms with van der Waals surface area (Å²) >= 11 is 0. The third kappa shape index (κ3) is 2.86. The van der Waals surface area contributed by atoms with Crippen molar-refractivity contribution < 1.29 is 13.9 Å². The van der Waals surface area contributed by atoms with Crippen LogP contribution in [0.5, 0.6) is 0 Å². The lowest BCUT2D eigenvalue weighted by Gasteiger charge is -2.28. The van der Waals surface area contributed by atoms with E-state index in [-0.39, 0.29) is 12.0 Å². The molecule has 0 amide bonds. The van der Waals surface area contributed by atoms with Crippen LogP contribution >= 0.6 is 0 Å². The van der Waals surface area contributed by atoms with Gasteiger partial charge in [-0.15, -0.1) is 0 Å². The number of nitrogens with zero attached hydrogens (tertiary/aromatic N) is 2. The van der Waals surface area contributed by atoms with Crippen molar-refractivity contribution in [2.24, 2.45) is 12.8 Å². The smallest absolute Gasteiger partial charge is 0.131 e. The van der Waals surface area contributed by atoms with Gasteiger partial charge in [0.25, 0.3) is 0 Å². The van der Waals surface area contributed by atoms with Crippen LogP contribution in [0.1, 0.15) is 30.7 Å². The second-order valence-electron chi connectivity index (χ2n) is 5.14. The number of hydrogen-bond donors (Lipinski definition) is 2. The molecule has 108 valence electrons. The van der Waals surface area contributed by atoms with E-state index in [1.807, 2.05) is 0 Å². The van der Waals surface area contributed by atoms with Gasteiger partial charge in [-0.1, -0.05) is 6.07 Å². The highest BCUT2D eigenvalue weighted by atomic mass is 19.1. The van der Waals surface area contributed by atoms with Crippen LogP contribution in [-0.4, -0.2) is 14.9 Å². The number of aliphatic hydroxyl groups excluding tert-OH is 1. The molecule has 0 aliphatic rings. The van der Waals surface area contributed by atoms with Gasteiger partial charge >= 0.3 is 0 Å². The van der Waals surface area contributed by atoms with Crippen LogP contribution in [0.4, 0.5) is 8.78 Å². The molecule has 1 aromatic carbocycles. The Bertz CT molecular complexity index is 610. The summed E-state index contributed by atoms with van der Waals surface area (Å²) in [6.07, 6.45) is 0.766. The highest BCUT2D eigenvalue weighted by Crippen LogP contribution is 2.31. The molecule has 0 fully saturated rings. The van der Waals surface area contributed by atoms with Crippen LogP contribution in [0.3, 0.4) is 0 Å².